The molecule has 4 rings (SSSR count). The maximum Gasteiger partial charge on any atom is 0.341 e. The van der Waals surface area contributed by atoms with Crippen molar-refractivity contribution in [2.45, 2.75) is 32.0 Å². The third kappa shape index (κ3) is 8.54. The Balaban J connectivity index is 0.00000103. The number of carbonyl (C=O) groups excluding carboxylic acids is 2. The standard InChI is InChI=1S/C26H28ClN3O6.C2H4O2/c1-35-26(34)21-12-16(27)6-7-23(21)36-18-8-10-30(11-9-18)15-17(31)13-28-25(33)22-14-29-24(32)20-5-3-2-4-19(20)22;1-2(3)4/h2-7,12,14,17-18,31H,8-11,13,15H2,1H3,(H,28,33)(H,29,32);1H3,(H,3,4)/t17-;/m1./s1. The molecule has 0 spiro atoms. The SMILES string of the molecule is CC(=O)O.COC(=O)c1cc(Cl)ccc1OC1CCN(C[C@H](O)CNC(=O)c2c[nH]c(=O)c3ccccc23)CC1. The smallest absolute Gasteiger partial charge is 0.341 e. The van der Waals surface area contributed by atoms with Gasteiger partial charge in [-0.1, -0.05) is 29.8 Å². The van der Waals surface area contributed by atoms with Gasteiger partial charge < -0.3 is 34.9 Å². The number of aliphatic hydroxyl groups is 1. The zero-order chi connectivity index (χ0) is 29.2. The molecule has 1 aliphatic rings. The molecule has 40 heavy (non-hydrogen) atoms. The fraction of sp³-hybridized carbons (Fsp3) is 0.357. The lowest BCUT2D eigenvalue weighted by Crippen LogP contribution is -2.45. The molecular formula is C28H32ClN3O8. The Kier molecular flexibility index (Phi) is 11.1. The van der Waals surface area contributed by atoms with E-state index in [2.05, 4.69) is 15.2 Å². The van der Waals surface area contributed by atoms with Crippen molar-refractivity contribution in [2.24, 2.45) is 0 Å². The van der Waals surface area contributed by atoms with Gasteiger partial charge >= 0.3 is 5.97 Å². The molecular weight excluding hydrogens is 542 g/mol. The van der Waals surface area contributed by atoms with E-state index in [1.165, 1.54) is 19.4 Å². The number of likely N-dealkylation sites (tertiary alicyclic amines) is 1. The van der Waals surface area contributed by atoms with Gasteiger partial charge in [0.1, 0.15) is 17.4 Å². The van der Waals surface area contributed by atoms with Crippen molar-refractivity contribution in [2.75, 3.05) is 33.3 Å². The number of aliphatic carboxylic acids is 1. The molecule has 0 unspecified atom stereocenters. The van der Waals surface area contributed by atoms with Crippen LogP contribution < -0.4 is 15.6 Å². The summed E-state index contributed by atoms with van der Waals surface area (Å²) in [6.07, 6.45) is 1.97. The van der Waals surface area contributed by atoms with Crippen molar-refractivity contribution >= 4 is 40.2 Å². The number of aromatic amines is 1. The van der Waals surface area contributed by atoms with Gasteiger partial charge in [0.05, 0.1) is 18.8 Å². The molecule has 3 aromatic rings. The van der Waals surface area contributed by atoms with Crippen molar-refractivity contribution in [1.82, 2.24) is 15.2 Å². The number of methoxy groups -OCH3 is 1. The number of amides is 1. The van der Waals surface area contributed by atoms with Gasteiger partial charge in [-0.05, 0) is 37.1 Å². The Labute approximate surface area is 235 Å². The Morgan fingerprint density at radius 2 is 1.77 bits per heavy atom. The maximum absolute atomic E-state index is 12.7. The number of carboxylic acid groups (broad SMARTS) is 1. The van der Waals surface area contributed by atoms with Crippen molar-refractivity contribution in [3.05, 3.63) is 75.2 Å². The third-order valence-corrected chi connectivity index (χ3v) is 6.43. The van der Waals surface area contributed by atoms with Crippen LogP contribution in [0.25, 0.3) is 10.8 Å². The summed E-state index contributed by atoms with van der Waals surface area (Å²) in [7, 11) is 1.31. The maximum atomic E-state index is 12.7. The molecule has 0 aliphatic carbocycles. The second kappa shape index (κ2) is 14.5. The summed E-state index contributed by atoms with van der Waals surface area (Å²) < 4.78 is 10.9. The predicted molar refractivity (Wildman–Crippen MR) is 149 cm³/mol. The van der Waals surface area contributed by atoms with Crippen molar-refractivity contribution < 1.29 is 34.1 Å². The number of H-pyrrole nitrogens is 1. The quantitative estimate of drug-likeness (QED) is 0.297. The van der Waals surface area contributed by atoms with Crippen LogP contribution in [0.5, 0.6) is 5.75 Å². The highest BCUT2D eigenvalue weighted by Gasteiger charge is 2.24. The number of hydrogen-bond acceptors (Lipinski definition) is 8. The number of carboxylic acids is 1. The Morgan fingerprint density at radius 1 is 1.12 bits per heavy atom. The zero-order valence-electron chi connectivity index (χ0n) is 22.2. The van der Waals surface area contributed by atoms with E-state index in [1.54, 1.807) is 36.4 Å². The number of hydrogen-bond donors (Lipinski definition) is 4. The van der Waals surface area contributed by atoms with Gasteiger partial charge in [0.2, 0.25) is 0 Å². The van der Waals surface area contributed by atoms with Gasteiger partial charge in [-0.25, -0.2) is 4.79 Å². The molecule has 0 radical (unpaired) electrons. The number of β-amino-alcohol motifs (C(OH)–C–C–N with tert-alkyl or cyclic N) is 1. The molecule has 1 aliphatic heterocycles. The van der Waals surface area contributed by atoms with Gasteiger partial charge in [-0.15, -0.1) is 0 Å². The first-order valence-corrected chi connectivity index (χ1v) is 13.0. The summed E-state index contributed by atoms with van der Waals surface area (Å²) in [5, 5.41) is 22.1. The van der Waals surface area contributed by atoms with Gasteiger partial charge in [0.25, 0.3) is 17.4 Å². The average Bonchev–Trinajstić information content (AvgIpc) is 2.93. The molecule has 1 saturated heterocycles. The van der Waals surface area contributed by atoms with Crippen LogP contribution in [0.2, 0.25) is 5.02 Å². The number of halogens is 1. The molecule has 0 saturated carbocycles. The Morgan fingerprint density at radius 3 is 2.42 bits per heavy atom. The topological polar surface area (TPSA) is 158 Å². The van der Waals surface area contributed by atoms with Crippen LogP contribution in [0.3, 0.4) is 0 Å². The molecule has 0 bridgehead atoms. The van der Waals surface area contributed by atoms with Crippen molar-refractivity contribution in [3.8, 4) is 5.75 Å². The number of aromatic nitrogens is 1. The van der Waals surface area contributed by atoms with Gasteiger partial charge in [-0.2, -0.15) is 0 Å². The molecule has 1 aromatic heterocycles. The first-order chi connectivity index (χ1) is 19.1. The van der Waals surface area contributed by atoms with Gasteiger partial charge in [0.15, 0.2) is 0 Å². The summed E-state index contributed by atoms with van der Waals surface area (Å²) in [6, 6.07) is 11.8. The highest BCUT2D eigenvalue weighted by molar-refractivity contribution is 6.31. The number of benzene rings is 2. The minimum absolute atomic E-state index is 0.0793. The number of rotatable bonds is 8. The predicted octanol–water partition coefficient (Wildman–Crippen LogP) is 2.69. The lowest BCUT2D eigenvalue weighted by Gasteiger charge is -2.33. The first-order valence-electron chi connectivity index (χ1n) is 12.6. The number of ether oxygens (including phenoxy) is 2. The van der Waals surface area contributed by atoms with E-state index in [0.29, 0.717) is 59.6 Å². The second-order valence-corrected chi connectivity index (χ2v) is 9.65. The lowest BCUT2D eigenvalue weighted by atomic mass is 10.1. The number of aliphatic hydroxyl groups excluding tert-OH is 1. The monoisotopic (exact) mass is 573 g/mol. The van der Waals surface area contributed by atoms with E-state index in [0.717, 1.165) is 6.92 Å². The number of esters is 1. The van der Waals surface area contributed by atoms with Crippen LogP contribution in [0.15, 0.2) is 53.5 Å². The van der Waals surface area contributed by atoms with Gasteiger partial charge in [-0.3, -0.25) is 14.4 Å². The number of nitrogens with one attached hydrogen (secondary N) is 2. The second-order valence-electron chi connectivity index (χ2n) is 9.21. The number of pyridine rings is 1. The first kappa shape index (κ1) is 30.6. The van der Waals surface area contributed by atoms with Crippen molar-refractivity contribution in [1.29, 1.82) is 0 Å². The van der Waals surface area contributed by atoms with E-state index >= 15 is 0 Å². The fourth-order valence-corrected chi connectivity index (χ4v) is 4.50. The summed E-state index contributed by atoms with van der Waals surface area (Å²) in [6.45, 7) is 2.95. The Hall–Kier alpha value is -3.93. The van der Waals surface area contributed by atoms with Crippen LogP contribution in [0.1, 0.15) is 40.5 Å². The van der Waals surface area contributed by atoms with Crippen LogP contribution in [0.4, 0.5) is 0 Å². The van der Waals surface area contributed by atoms with Crippen LogP contribution in [-0.2, 0) is 9.53 Å². The highest BCUT2D eigenvalue weighted by Crippen LogP contribution is 2.27. The number of carbonyl (C=O) groups is 3. The van der Waals surface area contributed by atoms with E-state index in [-0.39, 0.29) is 29.7 Å². The van der Waals surface area contributed by atoms with Gasteiger partial charge in [0, 0.05) is 55.1 Å². The van der Waals surface area contributed by atoms with E-state index in [9.17, 15) is 19.5 Å². The molecule has 2 heterocycles. The molecule has 1 amide bonds. The number of nitrogens with zero attached hydrogens (tertiary/aromatic N) is 1. The summed E-state index contributed by atoms with van der Waals surface area (Å²) >= 11 is 6.01. The molecule has 1 fully saturated rings. The number of fused-ring (bicyclic) bond motifs is 1. The molecule has 11 nitrogen and oxygen atoms in total. The van der Waals surface area contributed by atoms with Crippen LogP contribution >= 0.6 is 11.6 Å². The molecule has 2 aromatic carbocycles. The average molecular weight is 574 g/mol. The van der Waals surface area contributed by atoms with E-state index in [1.807, 2.05) is 0 Å². The molecule has 1 atom stereocenters. The van der Waals surface area contributed by atoms with Crippen LogP contribution in [0, 0.1) is 0 Å². The minimum Gasteiger partial charge on any atom is -0.489 e. The fourth-order valence-electron chi connectivity index (χ4n) is 4.33. The van der Waals surface area contributed by atoms with Crippen molar-refractivity contribution in [3.63, 3.8) is 0 Å². The van der Waals surface area contributed by atoms with Crippen LogP contribution in [-0.4, -0.2) is 83.4 Å². The summed E-state index contributed by atoms with van der Waals surface area (Å²) in [4.78, 5) is 50.4. The zero-order valence-corrected chi connectivity index (χ0v) is 22.9. The third-order valence-electron chi connectivity index (χ3n) is 6.20. The van der Waals surface area contributed by atoms with E-state index in [4.69, 9.17) is 31.0 Å². The summed E-state index contributed by atoms with van der Waals surface area (Å²) in [5.41, 5.74) is 0.380. The highest BCUT2D eigenvalue weighted by atomic mass is 35.5. The van der Waals surface area contributed by atoms with E-state index < -0.39 is 18.0 Å². The minimum atomic E-state index is -0.833. The largest absolute Gasteiger partial charge is 0.489 e. The number of piperidine rings is 1. The lowest BCUT2D eigenvalue weighted by molar-refractivity contribution is -0.134. The Bertz CT molecular complexity index is 1400. The normalized spacial score (nSPS) is 14.5. The molecule has 12 heteroatoms. The molecule has 214 valence electrons. The molecule has 4 N–H and O–H groups in total. The summed E-state index contributed by atoms with van der Waals surface area (Å²) in [5.74, 6) is -1.27.